The molecule has 0 saturated carbocycles. The number of nitrogens with zero attached hydrogens (tertiary/aromatic N) is 1. The van der Waals surface area contributed by atoms with Gasteiger partial charge >= 0.3 is 0 Å². The van der Waals surface area contributed by atoms with Gasteiger partial charge in [-0.15, -0.1) is 0 Å². The van der Waals surface area contributed by atoms with Gasteiger partial charge in [0.25, 0.3) is 11.8 Å². The third-order valence-electron chi connectivity index (χ3n) is 3.40. The Balaban J connectivity index is 1.85. The summed E-state index contributed by atoms with van der Waals surface area (Å²) in [6.45, 7) is 0. The molecule has 3 rings (SSSR count). The number of pyridine rings is 1. The number of carbonyl (C=O) groups excluding carboxylic acids is 2. The monoisotopic (exact) mass is 307 g/mol. The van der Waals surface area contributed by atoms with Crippen LogP contribution in [0.4, 0.5) is 5.69 Å². The normalized spacial score (nSPS) is 10.3. The van der Waals surface area contributed by atoms with E-state index in [1.54, 1.807) is 23.8 Å². The first-order valence-corrected chi connectivity index (χ1v) is 6.88. The molecule has 23 heavy (non-hydrogen) atoms. The van der Waals surface area contributed by atoms with Gasteiger partial charge < -0.3 is 5.32 Å². The molecule has 0 unspecified atom stereocenters. The number of amides is 2. The van der Waals surface area contributed by atoms with Crippen molar-refractivity contribution in [2.75, 3.05) is 5.32 Å². The standard InChI is InChI=1S/C17H13N3O3/c21-16(11-6-8-12(9-7-11)17(22)20-23)19-15-5-1-4-14-13(15)3-2-10-18-14/h1-10,23H,(H,19,21)(H,20,22). The van der Waals surface area contributed by atoms with Crippen molar-refractivity contribution in [3.63, 3.8) is 0 Å². The topological polar surface area (TPSA) is 91.3 Å². The zero-order valence-corrected chi connectivity index (χ0v) is 12.0. The molecule has 6 heteroatoms. The highest BCUT2D eigenvalue weighted by molar-refractivity contribution is 6.09. The maximum atomic E-state index is 12.3. The molecule has 3 N–H and O–H groups in total. The minimum Gasteiger partial charge on any atom is -0.321 e. The van der Waals surface area contributed by atoms with Crippen molar-refractivity contribution in [1.82, 2.24) is 10.5 Å². The number of hydroxylamine groups is 1. The molecule has 0 aliphatic carbocycles. The van der Waals surface area contributed by atoms with Gasteiger partial charge in [-0.1, -0.05) is 6.07 Å². The Labute approximate surface area is 131 Å². The second-order valence-corrected chi connectivity index (χ2v) is 4.85. The predicted molar refractivity (Wildman–Crippen MR) is 85.4 cm³/mol. The number of anilines is 1. The van der Waals surface area contributed by atoms with Crippen LogP contribution in [0.3, 0.4) is 0 Å². The molecule has 6 nitrogen and oxygen atoms in total. The number of nitrogens with one attached hydrogen (secondary N) is 2. The van der Waals surface area contributed by atoms with Crippen molar-refractivity contribution < 1.29 is 14.8 Å². The molecule has 0 bridgehead atoms. The summed E-state index contributed by atoms with van der Waals surface area (Å²) in [5, 5.41) is 12.3. The van der Waals surface area contributed by atoms with Crippen molar-refractivity contribution in [2.24, 2.45) is 0 Å². The van der Waals surface area contributed by atoms with Gasteiger partial charge in [0.15, 0.2) is 0 Å². The van der Waals surface area contributed by atoms with Crippen molar-refractivity contribution in [2.45, 2.75) is 0 Å². The number of rotatable bonds is 3. The van der Waals surface area contributed by atoms with E-state index in [9.17, 15) is 9.59 Å². The lowest BCUT2D eigenvalue weighted by Gasteiger charge is -2.08. The minimum absolute atomic E-state index is 0.262. The first-order chi connectivity index (χ1) is 11.2. The Kier molecular flexibility index (Phi) is 3.99. The van der Waals surface area contributed by atoms with Crippen LogP contribution in [-0.4, -0.2) is 22.0 Å². The summed E-state index contributed by atoms with van der Waals surface area (Å²) in [4.78, 5) is 27.8. The Bertz CT molecular complexity index is 870. The third kappa shape index (κ3) is 3.02. The quantitative estimate of drug-likeness (QED) is 0.512. The zero-order chi connectivity index (χ0) is 16.2. The summed E-state index contributed by atoms with van der Waals surface area (Å²) in [6, 6.07) is 15.1. The fourth-order valence-electron chi connectivity index (χ4n) is 2.24. The molecule has 3 aromatic rings. The number of hydrogen-bond acceptors (Lipinski definition) is 4. The molecule has 0 aliphatic rings. The summed E-state index contributed by atoms with van der Waals surface area (Å²) in [5.74, 6) is -0.922. The molecule has 0 saturated heterocycles. The highest BCUT2D eigenvalue weighted by Crippen LogP contribution is 2.22. The van der Waals surface area contributed by atoms with Crippen LogP contribution in [0.15, 0.2) is 60.8 Å². The fraction of sp³-hybridized carbons (Fsp3) is 0. The molecular weight excluding hydrogens is 294 g/mol. The molecule has 0 atom stereocenters. The SMILES string of the molecule is O=C(NO)c1ccc(C(=O)Nc2cccc3ncccc23)cc1. The van der Waals surface area contributed by atoms with Crippen LogP contribution in [0.5, 0.6) is 0 Å². The highest BCUT2D eigenvalue weighted by Gasteiger charge is 2.10. The Morgan fingerprint density at radius 2 is 1.57 bits per heavy atom. The first kappa shape index (κ1) is 14.7. The van der Waals surface area contributed by atoms with Crippen LogP contribution >= 0.6 is 0 Å². The van der Waals surface area contributed by atoms with E-state index in [1.807, 2.05) is 18.2 Å². The van der Waals surface area contributed by atoms with Crippen LogP contribution in [0, 0.1) is 0 Å². The lowest BCUT2D eigenvalue weighted by molar-refractivity contribution is 0.0706. The van der Waals surface area contributed by atoms with Crippen molar-refractivity contribution in [3.05, 3.63) is 71.9 Å². The molecule has 0 spiro atoms. The number of fused-ring (bicyclic) bond motifs is 1. The summed E-state index contributed by atoms with van der Waals surface area (Å²) >= 11 is 0. The van der Waals surface area contributed by atoms with E-state index in [4.69, 9.17) is 5.21 Å². The third-order valence-corrected chi connectivity index (χ3v) is 3.40. The van der Waals surface area contributed by atoms with Crippen molar-refractivity contribution in [3.8, 4) is 0 Å². The molecule has 2 amide bonds. The average molecular weight is 307 g/mol. The van der Waals surface area contributed by atoms with Crippen molar-refractivity contribution >= 4 is 28.4 Å². The van der Waals surface area contributed by atoms with Crippen LogP contribution in [-0.2, 0) is 0 Å². The first-order valence-electron chi connectivity index (χ1n) is 6.88. The van der Waals surface area contributed by atoms with E-state index in [1.165, 1.54) is 24.3 Å². The Morgan fingerprint density at radius 1 is 0.870 bits per heavy atom. The number of benzene rings is 2. The predicted octanol–water partition coefficient (Wildman–Crippen LogP) is 2.61. The van der Waals surface area contributed by atoms with Gasteiger partial charge in [0, 0.05) is 22.7 Å². The van der Waals surface area contributed by atoms with Gasteiger partial charge in [0.1, 0.15) is 0 Å². The number of aromatic nitrogens is 1. The number of carbonyl (C=O) groups is 2. The van der Waals surface area contributed by atoms with E-state index < -0.39 is 5.91 Å². The van der Waals surface area contributed by atoms with Crippen LogP contribution in [0.1, 0.15) is 20.7 Å². The lowest BCUT2D eigenvalue weighted by Crippen LogP contribution is -2.19. The van der Waals surface area contributed by atoms with Crippen LogP contribution < -0.4 is 10.8 Å². The molecule has 0 radical (unpaired) electrons. The molecular formula is C17H13N3O3. The van der Waals surface area contributed by atoms with Gasteiger partial charge in [-0.3, -0.25) is 19.8 Å². The molecule has 0 aliphatic heterocycles. The van der Waals surface area contributed by atoms with E-state index >= 15 is 0 Å². The molecule has 1 aromatic heterocycles. The van der Waals surface area contributed by atoms with E-state index in [0.717, 1.165) is 10.9 Å². The maximum absolute atomic E-state index is 12.3. The van der Waals surface area contributed by atoms with Gasteiger partial charge in [-0.2, -0.15) is 0 Å². The summed E-state index contributed by atoms with van der Waals surface area (Å²) in [5.41, 5.74) is 3.67. The Hall–Kier alpha value is -3.25. The zero-order valence-electron chi connectivity index (χ0n) is 12.0. The summed E-state index contributed by atoms with van der Waals surface area (Å²) < 4.78 is 0. The van der Waals surface area contributed by atoms with E-state index in [2.05, 4.69) is 10.3 Å². The lowest BCUT2D eigenvalue weighted by atomic mass is 10.1. The summed E-state index contributed by atoms with van der Waals surface area (Å²) in [6.07, 6.45) is 1.69. The van der Waals surface area contributed by atoms with Crippen LogP contribution in [0.25, 0.3) is 10.9 Å². The van der Waals surface area contributed by atoms with Crippen molar-refractivity contribution in [1.29, 1.82) is 0 Å². The maximum Gasteiger partial charge on any atom is 0.274 e. The van der Waals surface area contributed by atoms with E-state index in [0.29, 0.717) is 11.3 Å². The smallest absolute Gasteiger partial charge is 0.274 e. The fourth-order valence-corrected chi connectivity index (χ4v) is 2.24. The highest BCUT2D eigenvalue weighted by atomic mass is 16.5. The Morgan fingerprint density at radius 3 is 2.26 bits per heavy atom. The van der Waals surface area contributed by atoms with Gasteiger partial charge in [0.05, 0.1) is 11.2 Å². The molecule has 114 valence electrons. The summed E-state index contributed by atoms with van der Waals surface area (Å²) in [7, 11) is 0. The second kappa shape index (κ2) is 6.25. The van der Waals surface area contributed by atoms with Crippen LogP contribution in [0.2, 0.25) is 0 Å². The second-order valence-electron chi connectivity index (χ2n) is 4.85. The minimum atomic E-state index is -0.628. The van der Waals surface area contributed by atoms with E-state index in [-0.39, 0.29) is 11.5 Å². The van der Waals surface area contributed by atoms with Gasteiger partial charge in [-0.05, 0) is 48.5 Å². The average Bonchev–Trinajstić information content (AvgIpc) is 2.61. The molecule has 1 heterocycles. The molecule has 0 fully saturated rings. The van der Waals surface area contributed by atoms with Gasteiger partial charge in [0.2, 0.25) is 0 Å². The van der Waals surface area contributed by atoms with Gasteiger partial charge in [-0.25, -0.2) is 5.48 Å². The molecule has 2 aromatic carbocycles. The number of hydrogen-bond donors (Lipinski definition) is 3. The largest absolute Gasteiger partial charge is 0.321 e.